The van der Waals surface area contributed by atoms with Gasteiger partial charge in [0.15, 0.2) is 5.78 Å². The van der Waals surface area contributed by atoms with Crippen LogP contribution >= 0.6 is 15.9 Å². The topological polar surface area (TPSA) is 59.1 Å². The average molecular weight is 347 g/mol. The van der Waals surface area contributed by atoms with Crippen LogP contribution in [0.2, 0.25) is 0 Å². The second kappa shape index (κ2) is 7.69. The van der Waals surface area contributed by atoms with Crippen molar-refractivity contribution in [3.63, 3.8) is 0 Å². The Bertz CT molecular complexity index is 612. The lowest BCUT2D eigenvalue weighted by molar-refractivity contribution is -0.116. The minimum Gasteiger partial charge on any atom is -0.325 e. The average Bonchev–Trinajstić information content (AvgIpc) is 2.50. The Morgan fingerprint density at radius 2 is 1.81 bits per heavy atom. The predicted octanol–water partition coefficient (Wildman–Crippen LogP) is 3.84. The molecule has 0 bridgehead atoms. The van der Waals surface area contributed by atoms with Crippen LogP contribution in [0.3, 0.4) is 0 Å². The molecule has 2 aromatic rings. The van der Waals surface area contributed by atoms with Crippen molar-refractivity contribution < 1.29 is 9.59 Å². The van der Waals surface area contributed by atoms with Gasteiger partial charge < -0.3 is 5.32 Å². The number of benzene rings is 1. The molecule has 1 N–H and O–H groups in total. The van der Waals surface area contributed by atoms with Crippen LogP contribution in [-0.4, -0.2) is 16.7 Å². The third-order valence-electron chi connectivity index (χ3n) is 2.91. The minimum atomic E-state index is -0.111. The van der Waals surface area contributed by atoms with Gasteiger partial charge in [0.1, 0.15) is 4.60 Å². The van der Waals surface area contributed by atoms with E-state index in [1.807, 2.05) is 18.2 Å². The lowest BCUT2D eigenvalue weighted by atomic mass is 10.1. The van der Waals surface area contributed by atoms with E-state index in [1.54, 1.807) is 30.5 Å². The number of nitrogens with one attached hydrogen (secondary N) is 1. The third kappa shape index (κ3) is 5.11. The zero-order chi connectivity index (χ0) is 15.1. The largest absolute Gasteiger partial charge is 0.325 e. The quantitative estimate of drug-likeness (QED) is 0.638. The van der Waals surface area contributed by atoms with Gasteiger partial charge in [0.2, 0.25) is 5.91 Å². The van der Waals surface area contributed by atoms with E-state index in [9.17, 15) is 9.59 Å². The Kier molecular flexibility index (Phi) is 5.63. The molecule has 2 rings (SSSR count). The van der Waals surface area contributed by atoms with E-state index >= 15 is 0 Å². The van der Waals surface area contributed by atoms with E-state index in [0.29, 0.717) is 35.1 Å². The highest BCUT2D eigenvalue weighted by atomic mass is 79.9. The smallest absolute Gasteiger partial charge is 0.224 e. The molecule has 21 heavy (non-hydrogen) atoms. The predicted molar refractivity (Wildman–Crippen MR) is 85.2 cm³/mol. The van der Waals surface area contributed by atoms with Crippen molar-refractivity contribution in [2.45, 2.75) is 19.3 Å². The van der Waals surface area contributed by atoms with Crippen molar-refractivity contribution in [1.29, 1.82) is 0 Å². The van der Waals surface area contributed by atoms with Crippen LogP contribution in [0.15, 0.2) is 53.3 Å². The molecule has 0 aliphatic rings. The molecule has 0 atom stereocenters. The van der Waals surface area contributed by atoms with E-state index in [1.165, 1.54) is 0 Å². The fraction of sp³-hybridized carbons (Fsp3) is 0.188. The van der Waals surface area contributed by atoms with E-state index in [-0.39, 0.29) is 11.7 Å². The summed E-state index contributed by atoms with van der Waals surface area (Å²) in [6, 6.07) is 12.6. The van der Waals surface area contributed by atoms with Crippen LogP contribution in [0, 0.1) is 0 Å². The summed E-state index contributed by atoms with van der Waals surface area (Å²) in [7, 11) is 0. The Morgan fingerprint density at radius 3 is 2.48 bits per heavy atom. The van der Waals surface area contributed by atoms with E-state index < -0.39 is 0 Å². The molecule has 0 saturated carbocycles. The summed E-state index contributed by atoms with van der Waals surface area (Å²) in [4.78, 5) is 27.7. The molecule has 1 amide bonds. The summed E-state index contributed by atoms with van der Waals surface area (Å²) in [6.07, 6.45) is 2.80. The van der Waals surface area contributed by atoms with Crippen LogP contribution in [-0.2, 0) is 4.79 Å². The molecule has 0 spiro atoms. The molecule has 0 aliphatic heterocycles. The summed E-state index contributed by atoms with van der Waals surface area (Å²) in [5, 5.41) is 2.75. The van der Waals surface area contributed by atoms with Crippen molar-refractivity contribution in [3.8, 4) is 0 Å². The number of ketones is 1. The molecule has 4 nitrogen and oxygen atoms in total. The van der Waals surface area contributed by atoms with Crippen LogP contribution < -0.4 is 5.32 Å². The van der Waals surface area contributed by atoms with Crippen LogP contribution in [0.1, 0.15) is 29.6 Å². The van der Waals surface area contributed by atoms with Gasteiger partial charge in [-0.2, -0.15) is 0 Å². The highest BCUT2D eigenvalue weighted by Gasteiger charge is 2.07. The first-order chi connectivity index (χ1) is 10.1. The van der Waals surface area contributed by atoms with Gasteiger partial charge >= 0.3 is 0 Å². The van der Waals surface area contributed by atoms with E-state index in [0.717, 1.165) is 0 Å². The van der Waals surface area contributed by atoms with Crippen LogP contribution in [0.4, 0.5) is 5.69 Å². The van der Waals surface area contributed by atoms with Crippen LogP contribution in [0.5, 0.6) is 0 Å². The molecule has 1 aromatic heterocycles. The number of anilines is 1. The van der Waals surface area contributed by atoms with Gasteiger partial charge in [0, 0.05) is 18.4 Å². The second-order valence-electron chi connectivity index (χ2n) is 4.56. The Balaban J connectivity index is 1.74. The Labute approximate surface area is 131 Å². The summed E-state index contributed by atoms with van der Waals surface area (Å²) < 4.78 is 0.717. The molecule has 0 radical (unpaired) electrons. The van der Waals surface area contributed by atoms with Crippen molar-refractivity contribution in [3.05, 3.63) is 58.8 Å². The first kappa shape index (κ1) is 15.4. The second-order valence-corrected chi connectivity index (χ2v) is 5.37. The fourth-order valence-corrected chi connectivity index (χ4v) is 2.09. The fourth-order valence-electron chi connectivity index (χ4n) is 1.85. The number of carbonyl (C=O) groups excluding carboxylic acids is 2. The van der Waals surface area contributed by atoms with Crippen molar-refractivity contribution in [2.75, 3.05) is 5.32 Å². The lowest BCUT2D eigenvalue weighted by Gasteiger charge is -2.05. The molecule has 0 saturated heterocycles. The SMILES string of the molecule is O=C(CCCC(=O)c1ccccc1)Nc1ccc(Br)nc1. The maximum Gasteiger partial charge on any atom is 0.224 e. The maximum atomic E-state index is 11.9. The normalized spacial score (nSPS) is 10.1. The number of hydrogen-bond acceptors (Lipinski definition) is 3. The van der Waals surface area contributed by atoms with Crippen LogP contribution in [0.25, 0.3) is 0 Å². The van der Waals surface area contributed by atoms with Gasteiger partial charge in [0.05, 0.1) is 11.9 Å². The zero-order valence-corrected chi connectivity index (χ0v) is 13.0. The monoisotopic (exact) mass is 346 g/mol. The number of carbonyl (C=O) groups is 2. The molecule has 108 valence electrons. The number of nitrogens with zero attached hydrogens (tertiary/aromatic N) is 1. The molecule has 1 aromatic carbocycles. The summed E-state index contributed by atoms with van der Waals surface area (Å²) in [5.41, 5.74) is 1.34. The molecular formula is C16H15BrN2O2. The molecule has 5 heteroatoms. The van der Waals surface area contributed by atoms with Crippen molar-refractivity contribution >= 4 is 33.3 Å². The Morgan fingerprint density at radius 1 is 1.05 bits per heavy atom. The summed E-state index contributed by atoms with van der Waals surface area (Å²) in [5.74, 6) is -0.0475. The highest BCUT2D eigenvalue weighted by Crippen LogP contribution is 2.12. The number of aromatic nitrogens is 1. The number of hydrogen-bond donors (Lipinski definition) is 1. The number of rotatable bonds is 6. The van der Waals surface area contributed by atoms with Gasteiger partial charge in [-0.05, 0) is 34.5 Å². The molecule has 1 heterocycles. The Hall–Kier alpha value is -2.01. The van der Waals surface area contributed by atoms with Gasteiger partial charge in [0.25, 0.3) is 0 Å². The van der Waals surface area contributed by atoms with Gasteiger partial charge in [-0.1, -0.05) is 30.3 Å². The summed E-state index contributed by atoms with van der Waals surface area (Å²) in [6.45, 7) is 0. The molecule has 0 aliphatic carbocycles. The first-order valence-corrected chi connectivity index (χ1v) is 7.44. The zero-order valence-electron chi connectivity index (χ0n) is 11.4. The van der Waals surface area contributed by atoms with Crippen molar-refractivity contribution in [1.82, 2.24) is 4.98 Å². The maximum absolute atomic E-state index is 11.9. The summed E-state index contributed by atoms with van der Waals surface area (Å²) >= 11 is 3.23. The molecular weight excluding hydrogens is 332 g/mol. The lowest BCUT2D eigenvalue weighted by Crippen LogP contribution is -2.12. The number of pyridine rings is 1. The minimum absolute atomic E-state index is 0.0636. The first-order valence-electron chi connectivity index (χ1n) is 6.65. The van der Waals surface area contributed by atoms with Gasteiger partial charge in [-0.15, -0.1) is 0 Å². The van der Waals surface area contributed by atoms with Gasteiger partial charge in [-0.25, -0.2) is 4.98 Å². The van der Waals surface area contributed by atoms with Gasteiger partial charge in [-0.3, -0.25) is 9.59 Å². The number of halogens is 1. The van der Waals surface area contributed by atoms with E-state index in [4.69, 9.17) is 0 Å². The number of amides is 1. The highest BCUT2D eigenvalue weighted by molar-refractivity contribution is 9.10. The third-order valence-corrected chi connectivity index (χ3v) is 3.38. The standard InChI is InChI=1S/C16H15BrN2O2/c17-15-10-9-13(11-18-15)19-16(21)8-4-7-14(20)12-5-2-1-3-6-12/h1-3,5-6,9-11H,4,7-8H2,(H,19,21). The molecule has 0 fully saturated rings. The van der Waals surface area contributed by atoms with E-state index in [2.05, 4.69) is 26.2 Å². The number of Topliss-reactive ketones (excluding diaryl/α,β-unsaturated/α-hetero) is 1. The van der Waals surface area contributed by atoms with Crippen molar-refractivity contribution in [2.24, 2.45) is 0 Å². The molecule has 0 unspecified atom stereocenters.